The number of rotatable bonds is 2. The van der Waals surface area contributed by atoms with E-state index in [0.29, 0.717) is 0 Å². The minimum atomic E-state index is -0.00559. The predicted molar refractivity (Wildman–Crippen MR) is 80.8 cm³/mol. The average molecular weight is 271 g/mol. The molecule has 3 rings (SSSR count). The van der Waals surface area contributed by atoms with E-state index < -0.39 is 0 Å². The highest BCUT2D eigenvalue weighted by Gasteiger charge is 2.25. The second kappa shape index (κ2) is 4.62. The SMILES string of the molecule is CC(C)(C)c1nc2ccc(NC(=O)C3CCC3)cc2[nH]1. The molecule has 0 bridgehead atoms. The number of nitrogens with one attached hydrogen (secondary N) is 2. The van der Waals surface area contributed by atoms with Crippen molar-refractivity contribution in [3.8, 4) is 0 Å². The molecule has 0 saturated heterocycles. The number of benzene rings is 1. The second-order valence-electron chi connectivity index (χ2n) is 6.68. The Kier molecular flexibility index (Phi) is 3.04. The fourth-order valence-corrected chi connectivity index (χ4v) is 2.36. The Balaban J connectivity index is 1.84. The molecule has 1 aliphatic rings. The van der Waals surface area contributed by atoms with Crippen molar-refractivity contribution in [2.24, 2.45) is 5.92 Å². The van der Waals surface area contributed by atoms with Crippen molar-refractivity contribution >= 4 is 22.6 Å². The van der Waals surface area contributed by atoms with Crippen molar-refractivity contribution in [2.75, 3.05) is 5.32 Å². The quantitative estimate of drug-likeness (QED) is 0.876. The highest BCUT2D eigenvalue weighted by Crippen LogP contribution is 2.28. The third-order valence-corrected chi connectivity index (χ3v) is 3.94. The van der Waals surface area contributed by atoms with E-state index in [4.69, 9.17) is 0 Å². The summed E-state index contributed by atoms with van der Waals surface area (Å²) in [5, 5.41) is 3.00. The van der Waals surface area contributed by atoms with Crippen LogP contribution in [0, 0.1) is 5.92 Å². The first-order chi connectivity index (χ1) is 9.43. The number of fused-ring (bicyclic) bond motifs is 1. The normalized spacial score (nSPS) is 16.1. The minimum Gasteiger partial charge on any atom is -0.341 e. The Labute approximate surface area is 119 Å². The van der Waals surface area contributed by atoms with Crippen LogP contribution in [-0.2, 0) is 10.2 Å². The van der Waals surface area contributed by atoms with Gasteiger partial charge in [0.1, 0.15) is 5.82 Å². The number of carbonyl (C=O) groups is 1. The highest BCUT2D eigenvalue weighted by molar-refractivity contribution is 5.94. The van der Waals surface area contributed by atoms with Crippen molar-refractivity contribution in [1.29, 1.82) is 0 Å². The molecule has 0 radical (unpaired) electrons. The molecule has 1 saturated carbocycles. The van der Waals surface area contributed by atoms with E-state index >= 15 is 0 Å². The van der Waals surface area contributed by atoms with Gasteiger partial charge in [-0.1, -0.05) is 27.2 Å². The summed E-state index contributed by atoms with van der Waals surface area (Å²) in [6.45, 7) is 6.39. The van der Waals surface area contributed by atoms with Gasteiger partial charge in [-0.2, -0.15) is 0 Å². The zero-order chi connectivity index (χ0) is 14.3. The Morgan fingerprint density at radius 2 is 2.10 bits per heavy atom. The van der Waals surface area contributed by atoms with E-state index in [9.17, 15) is 4.79 Å². The molecule has 1 fully saturated rings. The van der Waals surface area contributed by atoms with Crippen LogP contribution < -0.4 is 5.32 Å². The first-order valence-electron chi connectivity index (χ1n) is 7.24. The lowest BCUT2D eigenvalue weighted by Crippen LogP contribution is -2.27. The molecule has 1 aromatic carbocycles. The van der Waals surface area contributed by atoms with E-state index in [-0.39, 0.29) is 17.2 Å². The van der Waals surface area contributed by atoms with Crippen LogP contribution in [0.4, 0.5) is 5.69 Å². The van der Waals surface area contributed by atoms with Gasteiger partial charge in [0, 0.05) is 17.0 Å². The number of aromatic amines is 1. The first kappa shape index (κ1) is 13.2. The molecule has 4 nitrogen and oxygen atoms in total. The zero-order valence-corrected chi connectivity index (χ0v) is 12.3. The number of hydrogen-bond acceptors (Lipinski definition) is 2. The smallest absolute Gasteiger partial charge is 0.227 e. The van der Waals surface area contributed by atoms with Gasteiger partial charge in [0.15, 0.2) is 0 Å². The number of hydrogen-bond donors (Lipinski definition) is 2. The Morgan fingerprint density at radius 1 is 1.35 bits per heavy atom. The van der Waals surface area contributed by atoms with Crippen LogP contribution in [0.25, 0.3) is 11.0 Å². The summed E-state index contributed by atoms with van der Waals surface area (Å²) in [5.41, 5.74) is 2.75. The Morgan fingerprint density at radius 3 is 2.70 bits per heavy atom. The lowest BCUT2D eigenvalue weighted by molar-refractivity contribution is -0.122. The molecule has 0 unspecified atom stereocenters. The molecule has 4 heteroatoms. The number of anilines is 1. The molecule has 1 amide bonds. The molecule has 0 spiro atoms. The van der Waals surface area contributed by atoms with Crippen molar-refractivity contribution in [1.82, 2.24) is 9.97 Å². The van der Waals surface area contributed by atoms with Gasteiger partial charge >= 0.3 is 0 Å². The molecule has 1 aromatic heterocycles. The summed E-state index contributed by atoms with van der Waals surface area (Å²) in [6, 6.07) is 5.85. The topological polar surface area (TPSA) is 57.8 Å². The lowest BCUT2D eigenvalue weighted by atomic mass is 9.85. The molecular weight excluding hydrogens is 250 g/mol. The summed E-state index contributed by atoms with van der Waals surface area (Å²) in [4.78, 5) is 19.9. The van der Waals surface area contributed by atoms with Crippen LogP contribution >= 0.6 is 0 Å². The van der Waals surface area contributed by atoms with Gasteiger partial charge in [-0.05, 0) is 31.0 Å². The Hall–Kier alpha value is -1.84. The highest BCUT2D eigenvalue weighted by atomic mass is 16.1. The summed E-state index contributed by atoms with van der Waals surface area (Å²) >= 11 is 0. The van der Waals surface area contributed by atoms with Crippen LogP contribution in [0.2, 0.25) is 0 Å². The maximum atomic E-state index is 12.0. The number of imidazole rings is 1. The van der Waals surface area contributed by atoms with Crippen molar-refractivity contribution in [3.05, 3.63) is 24.0 Å². The third kappa shape index (κ3) is 2.42. The van der Waals surface area contributed by atoms with E-state index in [1.165, 1.54) is 6.42 Å². The Bertz CT molecular complexity index is 647. The monoisotopic (exact) mass is 271 g/mol. The molecule has 1 heterocycles. The summed E-state index contributed by atoms with van der Waals surface area (Å²) in [5.74, 6) is 1.32. The average Bonchev–Trinajstić information content (AvgIpc) is 2.68. The molecule has 2 aromatic rings. The van der Waals surface area contributed by atoms with Crippen LogP contribution in [0.15, 0.2) is 18.2 Å². The maximum absolute atomic E-state index is 12.0. The first-order valence-corrected chi connectivity index (χ1v) is 7.24. The van der Waals surface area contributed by atoms with Gasteiger partial charge in [-0.3, -0.25) is 4.79 Å². The summed E-state index contributed by atoms with van der Waals surface area (Å²) in [6.07, 6.45) is 3.21. The maximum Gasteiger partial charge on any atom is 0.227 e. The number of carbonyl (C=O) groups excluding carboxylic acids is 1. The number of H-pyrrole nitrogens is 1. The molecule has 2 N–H and O–H groups in total. The standard InChI is InChI=1S/C16H21N3O/c1-16(2,3)15-18-12-8-7-11(9-13(12)19-15)17-14(20)10-5-4-6-10/h7-10H,4-6H2,1-3H3,(H,17,20)(H,18,19). The van der Waals surface area contributed by atoms with Crippen LogP contribution in [0.3, 0.4) is 0 Å². The third-order valence-electron chi connectivity index (χ3n) is 3.94. The van der Waals surface area contributed by atoms with Crippen molar-refractivity contribution in [3.63, 3.8) is 0 Å². The predicted octanol–water partition coefficient (Wildman–Crippen LogP) is 3.60. The van der Waals surface area contributed by atoms with E-state index in [0.717, 1.165) is 35.4 Å². The number of nitrogens with zero attached hydrogens (tertiary/aromatic N) is 1. The van der Waals surface area contributed by atoms with E-state index in [2.05, 4.69) is 36.1 Å². The van der Waals surface area contributed by atoms with Gasteiger partial charge < -0.3 is 10.3 Å². The molecule has 0 aliphatic heterocycles. The fourth-order valence-electron chi connectivity index (χ4n) is 2.36. The molecule has 20 heavy (non-hydrogen) atoms. The van der Waals surface area contributed by atoms with E-state index in [1.807, 2.05) is 18.2 Å². The number of amides is 1. The van der Waals surface area contributed by atoms with Crippen molar-refractivity contribution in [2.45, 2.75) is 45.4 Å². The van der Waals surface area contributed by atoms with Gasteiger partial charge in [0.05, 0.1) is 11.0 Å². The molecule has 0 atom stereocenters. The minimum absolute atomic E-state index is 0.00559. The van der Waals surface area contributed by atoms with Crippen molar-refractivity contribution < 1.29 is 4.79 Å². The summed E-state index contributed by atoms with van der Waals surface area (Å²) in [7, 11) is 0. The van der Waals surface area contributed by atoms with Crippen LogP contribution in [-0.4, -0.2) is 15.9 Å². The molecular formula is C16H21N3O. The van der Waals surface area contributed by atoms with Gasteiger partial charge in [0.25, 0.3) is 0 Å². The lowest BCUT2D eigenvalue weighted by Gasteiger charge is -2.23. The fraction of sp³-hybridized carbons (Fsp3) is 0.500. The summed E-state index contributed by atoms with van der Waals surface area (Å²) < 4.78 is 0. The molecule has 1 aliphatic carbocycles. The van der Waals surface area contributed by atoms with Crippen LogP contribution in [0.1, 0.15) is 45.9 Å². The van der Waals surface area contributed by atoms with Gasteiger partial charge in [0.2, 0.25) is 5.91 Å². The van der Waals surface area contributed by atoms with E-state index in [1.54, 1.807) is 0 Å². The largest absolute Gasteiger partial charge is 0.341 e. The van der Waals surface area contributed by atoms with Crippen LogP contribution in [0.5, 0.6) is 0 Å². The van der Waals surface area contributed by atoms with Gasteiger partial charge in [-0.25, -0.2) is 4.98 Å². The zero-order valence-electron chi connectivity index (χ0n) is 12.3. The van der Waals surface area contributed by atoms with Gasteiger partial charge in [-0.15, -0.1) is 0 Å². The second-order valence-corrected chi connectivity index (χ2v) is 6.68. The number of aromatic nitrogens is 2. The molecule has 106 valence electrons.